The molecule has 0 amide bonds. The van der Waals surface area contributed by atoms with Gasteiger partial charge in [-0.1, -0.05) is 90.1 Å². The number of anilines is 2. The maximum absolute atomic E-state index is 6.14. The summed E-state index contributed by atoms with van der Waals surface area (Å²) in [5.41, 5.74) is 5.51. The summed E-state index contributed by atoms with van der Waals surface area (Å²) in [4.78, 5) is 2.36. The van der Waals surface area contributed by atoms with Crippen LogP contribution in [-0.4, -0.2) is 0 Å². The Morgan fingerprint density at radius 3 is 1.71 bits per heavy atom. The molecule has 2 nitrogen and oxygen atoms in total. The summed E-state index contributed by atoms with van der Waals surface area (Å²) in [5.74, 6) is 2.36. The normalized spacial score (nSPS) is 14.5. The molecule has 0 aliphatic carbocycles. The van der Waals surface area contributed by atoms with Crippen LogP contribution in [0.2, 0.25) is 0 Å². The van der Waals surface area contributed by atoms with Crippen molar-refractivity contribution in [1.29, 1.82) is 0 Å². The Hall–Kier alpha value is -2.74. The van der Waals surface area contributed by atoms with Crippen LogP contribution in [-0.2, 0) is 6.54 Å². The highest BCUT2D eigenvalue weighted by Gasteiger charge is 2.30. The Kier molecular flexibility index (Phi) is 5.60. The van der Waals surface area contributed by atoms with Crippen molar-refractivity contribution in [2.45, 2.75) is 60.4 Å². The van der Waals surface area contributed by atoms with E-state index in [1.165, 1.54) is 17.5 Å². The fourth-order valence-electron chi connectivity index (χ4n) is 4.53. The molecule has 1 unspecified atom stereocenters. The minimum atomic E-state index is 0.233. The van der Waals surface area contributed by atoms with E-state index in [0.29, 0.717) is 11.3 Å². The van der Waals surface area contributed by atoms with E-state index < -0.39 is 0 Å². The first-order valence-electron chi connectivity index (χ1n) is 11.3. The van der Waals surface area contributed by atoms with Crippen LogP contribution in [0.1, 0.15) is 65.0 Å². The number of para-hydroxylation sites is 4. The molecule has 0 fully saturated rings. The molecular formula is C29H35NO. The maximum Gasteiger partial charge on any atom is 0.151 e. The van der Waals surface area contributed by atoms with Gasteiger partial charge in [-0.2, -0.15) is 0 Å². The molecular weight excluding hydrogens is 378 g/mol. The molecule has 0 N–H and O–H groups in total. The summed E-state index contributed by atoms with van der Waals surface area (Å²) in [7, 11) is 0. The van der Waals surface area contributed by atoms with Gasteiger partial charge in [-0.3, -0.25) is 0 Å². The highest BCUT2D eigenvalue weighted by molar-refractivity contribution is 5.77. The highest BCUT2D eigenvalue weighted by atomic mass is 16.5. The molecule has 4 rings (SSSR count). The van der Waals surface area contributed by atoms with Gasteiger partial charge < -0.3 is 9.64 Å². The average molecular weight is 414 g/mol. The zero-order valence-corrected chi connectivity index (χ0v) is 19.8. The van der Waals surface area contributed by atoms with Crippen LogP contribution in [0.25, 0.3) is 0 Å². The summed E-state index contributed by atoms with van der Waals surface area (Å²) in [6.07, 6.45) is 1.18. The predicted molar refractivity (Wildman–Crippen MR) is 132 cm³/mol. The van der Waals surface area contributed by atoms with Crippen molar-refractivity contribution in [2.24, 2.45) is 10.8 Å². The van der Waals surface area contributed by atoms with Crippen molar-refractivity contribution < 1.29 is 4.74 Å². The second-order valence-corrected chi connectivity index (χ2v) is 11.0. The molecule has 0 aromatic heterocycles. The van der Waals surface area contributed by atoms with E-state index in [4.69, 9.17) is 4.74 Å². The van der Waals surface area contributed by atoms with Gasteiger partial charge in [0.2, 0.25) is 0 Å². The SMILES string of the molecule is CC(C)(C)CC(c1ccc(CN2c3ccccc3Oc3ccccc32)cc1)C(C)(C)C. The Balaban J connectivity index is 1.63. The Morgan fingerprint density at radius 2 is 1.23 bits per heavy atom. The molecule has 162 valence electrons. The molecule has 0 radical (unpaired) electrons. The van der Waals surface area contributed by atoms with E-state index in [1.807, 2.05) is 24.3 Å². The van der Waals surface area contributed by atoms with Crippen molar-refractivity contribution in [3.05, 3.63) is 83.9 Å². The van der Waals surface area contributed by atoms with Crippen LogP contribution in [0.4, 0.5) is 11.4 Å². The summed E-state index contributed by atoms with van der Waals surface area (Å²) in [5, 5.41) is 0. The van der Waals surface area contributed by atoms with Gasteiger partial charge in [-0.05, 0) is 58.6 Å². The van der Waals surface area contributed by atoms with Gasteiger partial charge >= 0.3 is 0 Å². The second-order valence-electron chi connectivity index (χ2n) is 11.0. The minimum absolute atomic E-state index is 0.233. The molecule has 3 aromatic rings. The quantitative estimate of drug-likeness (QED) is 0.424. The third kappa shape index (κ3) is 4.79. The largest absolute Gasteiger partial charge is 0.453 e. The summed E-state index contributed by atoms with van der Waals surface area (Å²) < 4.78 is 6.14. The molecule has 0 bridgehead atoms. The molecule has 1 aliphatic rings. The molecule has 0 saturated heterocycles. The van der Waals surface area contributed by atoms with Crippen LogP contribution in [0, 0.1) is 10.8 Å². The molecule has 31 heavy (non-hydrogen) atoms. The molecule has 1 aliphatic heterocycles. The Morgan fingerprint density at radius 1 is 0.710 bits per heavy atom. The van der Waals surface area contributed by atoms with Gasteiger partial charge in [-0.15, -0.1) is 0 Å². The topological polar surface area (TPSA) is 12.5 Å². The number of hydrogen-bond acceptors (Lipinski definition) is 2. The highest BCUT2D eigenvalue weighted by Crippen LogP contribution is 2.47. The summed E-state index contributed by atoms with van der Waals surface area (Å²) in [6, 6.07) is 25.9. The summed E-state index contributed by atoms with van der Waals surface area (Å²) in [6.45, 7) is 14.9. The van der Waals surface area contributed by atoms with Gasteiger partial charge in [0.1, 0.15) is 0 Å². The van der Waals surface area contributed by atoms with E-state index in [1.54, 1.807) is 0 Å². The third-order valence-corrected chi connectivity index (χ3v) is 6.12. The number of ether oxygens (including phenoxy) is 1. The van der Waals surface area contributed by atoms with Gasteiger partial charge in [0.05, 0.1) is 11.4 Å². The van der Waals surface area contributed by atoms with E-state index >= 15 is 0 Å². The van der Waals surface area contributed by atoms with Crippen molar-refractivity contribution in [3.8, 4) is 11.5 Å². The average Bonchev–Trinajstić information content (AvgIpc) is 2.71. The fourth-order valence-corrected chi connectivity index (χ4v) is 4.53. The maximum atomic E-state index is 6.14. The van der Waals surface area contributed by atoms with Crippen LogP contribution >= 0.6 is 0 Å². The fraction of sp³-hybridized carbons (Fsp3) is 0.379. The smallest absolute Gasteiger partial charge is 0.151 e. The van der Waals surface area contributed by atoms with E-state index in [9.17, 15) is 0 Å². The van der Waals surface area contributed by atoms with Gasteiger partial charge in [0.15, 0.2) is 11.5 Å². The second kappa shape index (κ2) is 8.07. The zero-order valence-electron chi connectivity index (χ0n) is 19.8. The van der Waals surface area contributed by atoms with Gasteiger partial charge in [0.25, 0.3) is 0 Å². The predicted octanol–water partition coefficient (Wildman–Crippen LogP) is 8.70. The number of hydrogen-bond donors (Lipinski definition) is 0. The van der Waals surface area contributed by atoms with Gasteiger partial charge in [-0.25, -0.2) is 0 Å². The van der Waals surface area contributed by atoms with Crippen LogP contribution in [0.15, 0.2) is 72.8 Å². The first-order valence-corrected chi connectivity index (χ1v) is 11.3. The first kappa shape index (κ1) is 21.5. The molecule has 1 heterocycles. The van der Waals surface area contributed by atoms with Crippen molar-refractivity contribution >= 4 is 11.4 Å². The van der Waals surface area contributed by atoms with Crippen molar-refractivity contribution in [2.75, 3.05) is 4.90 Å². The zero-order chi connectivity index (χ0) is 22.2. The lowest BCUT2D eigenvalue weighted by atomic mass is 9.69. The lowest BCUT2D eigenvalue weighted by Gasteiger charge is -2.36. The van der Waals surface area contributed by atoms with Crippen molar-refractivity contribution in [3.63, 3.8) is 0 Å². The van der Waals surface area contributed by atoms with Crippen LogP contribution < -0.4 is 9.64 Å². The van der Waals surface area contributed by atoms with Crippen LogP contribution in [0.5, 0.6) is 11.5 Å². The molecule has 0 spiro atoms. The minimum Gasteiger partial charge on any atom is -0.453 e. The van der Waals surface area contributed by atoms with Gasteiger partial charge in [0, 0.05) is 6.54 Å². The monoisotopic (exact) mass is 413 g/mol. The molecule has 1 atom stereocenters. The summed E-state index contributed by atoms with van der Waals surface area (Å²) >= 11 is 0. The Labute approximate surface area is 187 Å². The number of benzene rings is 3. The van der Waals surface area contributed by atoms with E-state index in [0.717, 1.165) is 29.4 Å². The Bertz CT molecular complexity index is 992. The van der Waals surface area contributed by atoms with Crippen molar-refractivity contribution in [1.82, 2.24) is 0 Å². The molecule has 3 aromatic carbocycles. The molecule has 2 heteroatoms. The lowest BCUT2D eigenvalue weighted by Crippen LogP contribution is -2.24. The number of fused-ring (bicyclic) bond motifs is 2. The number of rotatable bonds is 4. The standard InChI is InChI=1S/C29H35NO/c1-28(2,3)19-23(29(4,5)6)22-17-15-21(16-18-22)20-30-24-11-7-9-13-26(24)31-27-14-10-8-12-25(27)30/h7-18,23H,19-20H2,1-6H3. The van der Waals surface area contributed by atoms with Crippen LogP contribution in [0.3, 0.4) is 0 Å². The van der Waals surface area contributed by atoms with E-state index in [-0.39, 0.29) is 5.41 Å². The number of nitrogens with zero attached hydrogens (tertiary/aromatic N) is 1. The first-order chi connectivity index (χ1) is 14.6. The third-order valence-electron chi connectivity index (χ3n) is 6.12. The lowest BCUT2D eigenvalue weighted by molar-refractivity contribution is 0.229. The molecule has 0 saturated carbocycles. The van der Waals surface area contributed by atoms with E-state index in [2.05, 4.69) is 95.0 Å².